The average molecular weight is 479 g/mol. The van der Waals surface area contributed by atoms with Gasteiger partial charge < -0.3 is 9.88 Å². The Hall–Kier alpha value is -3.78. The van der Waals surface area contributed by atoms with Crippen LogP contribution in [0.4, 0.5) is 10.1 Å². The zero-order valence-electron chi connectivity index (χ0n) is 18.7. The second-order valence-electron chi connectivity index (χ2n) is 8.03. The second-order valence-corrected chi connectivity index (χ2v) is 9.95. The largest absolute Gasteiger partial charge is 0.336 e. The van der Waals surface area contributed by atoms with E-state index in [-0.39, 0.29) is 16.8 Å². The molecule has 3 aromatic carbocycles. The van der Waals surface area contributed by atoms with Crippen molar-refractivity contribution in [3.63, 3.8) is 0 Å². The molecule has 1 aromatic heterocycles. The molecule has 1 heterocycles. The predicted molar refractivity (Wildman–Crippen MR) is 129 cm³/mol. The van der Waals surface area contributed by atoms with Crippen LogP contribution in [0.15, 0.2) is 87.5 Å². The number of benzene rings is 3. The van der Waals surface area contributed by atoms with Crippen LogP contribution >= 0.6 is 0 Å². The molecule has 0 fully saturated rings. The Kier molecular flexibility index (Phi) is 6.34. The summed E-state index contributed by atoms with van der Waals surface area (Å²) in [6.45, 7) is 3.52. The van der Waals surface area contributed by atoms with Crippen LogP contribution < -0.4 is 10.7 Å². The molecule has 174 valence electrons. The van der Waals surface area contributed by atoms with Crippen molar-refractivity contribution in [1.82, 2.24) is 4.57 Å². The van der Waals surface area contributed by atoms with E-state index in [2.05, 4.69) is 5.32 Å². The van der Waals surface area contributed by atoms with E-state index >= 15 is 0 Å². The minimum Gasteiger partial charge on any atom is -0.336 e. The lowest BCUT2D eigenvalue weighted by atomic mass is 10.1. The fraction of sp³-hybridized carbons (Fsp3) is 0.154. The molecule has 8 heteroatoms. The van der Waals surface area contributed by atoms with Crippen molar-refractivity contribution in [2.75, 3.05) is 5.32 Å². The zero-order valence-corrected chi connectivity index (χ0v) is 19.5. The summed E-state index contributed by atoms with van der Waals surface area (Å²) in [5.41, 5.74) is 1.98. The van der Waals surface area contributed by atoms with Crippen molar-refractivity contribution < 1.29 is 17.6 Å². The van der Waals surface area contributed by atoms with Crippen LogP contribution in [0.2, 0.25) is 0 Å². The number of carbonyl (C=O) groups is 1. The number of nitrogens with one attached hydrogen (secondary N) is 1. The van der Waals surface area contributed by atoms with Gasteiger partial charge in [-0.25, -0.2) is 12.8 Å². The number of aryl methyl sites for hydroxylation is 2. The van der Waals surface area contributed by atoms with E-state index in [1.54, 1.807) is 37.3 Å². The van der Waals surface area contributed by atoms with Crippen LogP contribution in [0, 0.1) is 12.7 Å². The first kappa shape index (κ1) is 23.4. The van der Waals surface area contributed by atoms with Crippen molar-refractivity contribution in [1.29, 1.82) is 0 Å². The van der Waals surface area contributed by atoms with E-state index in [0.29, 0.717) is 11.2 Å². The Bertz CT molecular complexity index is 1540. The zero-order chi connectivity index (χ0) is 24.5. The number of aromatic nitrogens is 1. The summed E-state index contributed by atoms with van der Waals surface area (Å²) >= 11 is 0. The lowest BCUT2D eigenvalue weighted by Crippen LogP contribution is -2.24. The molecule has 0 aliphatic heterocycles. The first-order valence-electron chi connectivity index (χ1n) is 10.7. The number of carbonyl (C=O) groups excluding carboxylic acids is 1. The molecular weight excluding hydrogens is 455 g/mol. The summed E-state index contributed by atoms with van der Waals surface area (Å²) in [4.78, 5) is 25.6. The molecule has 4 aromatic rings. The van der Waals surface area contributed by atoms with Crippen LogP contribution in [0.3, 0.4) is 0 Å². The SMILES string of the molecule is CCc1ccc(S(=O)(=O)c2cn(CC(=O)Nc3ccc(F)cc3)c3ccc(C)cc3c2=O)cc1. The van der Waals surface area contributed by atoms with Gasteiger partial charge in [0.2, 0.25) is 21.2 Å². The van der Waals surface area contributed by atoms with Crippen LogP contribution in [0.1, 0.15) is 18.1 Å². The van der Waals surface area contributed by atoms with Gasteiger partial charge >= 0.3 is 0 Å². The summed E-state index contributed by atoms with van der Waals surface area (Å²) in [6.07, 6.45) is 1.97. The molecule has 0 unspecified atom stereocenters. The lowest BCUT2D eigenvalue weighted by molar-refractivity contribution is -0.116. The summed E-state index contributed by atoms with van der Waals surface area (Å²) < 4.78 is 41.4. The highest BCUT2D eigenvalue weighted by molar-refractivity contribution is 7.91. The molecule has 0 aliphatic carbocycles. The third-order valence-corrected chi connectivity index (χ3v) is 7.34. The summed E-state index contributed by atoms with van der Waals surface area (Å²) in [5, 5.41) is 2.87. The fourth-order valence-corrected chi connectivity index (χ4v) is 5.09. The van der Waals surface area contributed by atoms with Crippen LogP contribution in [-0.4, -0.2) is 18.9 Å². The molecular formula is C26H23FN2O4S. The third kappa shape index (κ3) is 4.63. The van der Waals surface area contributed by atoms with Crippen LogP contribution in [-0.2, 0) is 27.6 Å². The van der Waals surface area contributed by atoms with E-state index in [9.17, 15) is 22.4 Å². The molecule has 0 aliphatic rings. The highest BCUT2D eigenvalue weighted by Gasteiger charge is 2.24. The summed E-state index contributed by atoms with van der Waals surface area (Å²) in [5.74, 6) is -0.880. The van der Waals surface area contributed by atoms with Crippen molar-refractivity contribution in [3.05, 3.63) is 100 Å². The summed E-state index contributed by atoms with van der Waals surface area (Å²) in [7, 11) is -4.13. The number of fused-ring (bicyclic) bond motifs is 1. The highest BCUT2D eigenvalue weighted by Crippen LogP contribution is 2.23. The van der Waals surface area contributed by atoms with E-state index in [1.165, 1.54) is 47.2 Å². The van der Waals surface area contributed by atoms with Gasteiger partial charge in [-0.1, -0.05) is 30.7 Å². The standard InChI is InChI=1S/C26H23FN2O4S/c1-3-18-5-11-21(12-6-18)34(32,33)24-15-29(23-13-4-17(2)14-22(23)26(24)31)16-25(30)28-20-9-7-19(27)8-10-20/h4-15H,3,16H2,1-2H3,(H,28,30). The molecule has 34 heavy (non-hydrogen) atoms. The topological polar surface area (TPSA) is 85.2 Å². The predicted octanol–water partition coefficient (Wildman–Crippen LogP) is 4.48. The number of hydrogen-bond acceptors (Lipinski definition) is 4. The number of nitrogens with zero attached hydrogens (tertiary/aromatic N) is 1. The first-order valence-corrected chi connectivity index (χ1v) is 12.2. The number of pyridine rings is 1. The van der Waals surface area contributed by atoms with Gasteiger partial charge in [0.05, 0.1) is 10.4 Å². The van der Waals surface area contributed by atoms with E-state index in [0.717, 1.165) is 17.5 Å². The van der Waals surface area contributed by atoms with Gasteiger partial charge in [-0.15, -0.1) is 0 Å². The number of anilines is 1. The Morgan fingerprint density at radius 3 is 2.32 bits per heavy atom. The maximum Gasteiger partial charge on any atom is 0.244 e. The molecule has 0 spiro atoms. The quantitative estimate of drug-likeness (QED) is 0.443. The number of rotatable bonds is 6. The minimum atomic E-state index is -4.13. The Morgan fingerprint density at radius 2 is 1.68 bits per heavy atom. The monoisotopic (exact) mass is 478 g/mol. The van der Waals surface area contributed by atoms with Crippen LogP contribution in [0.5, 0.6) is 0 Å². The van der Waals surface area contributed by atoms with Gasteiger partial charge in [-0.3, -0.25) is 9.59 Å². The van der Waals surface area contributed by atoms with Crippen molar-refractivity contribution in [2.24, 2.45) is 0 Å². The lowest BCUT2D eigenvalue weighted by Gasteiger charge is -2.15. The maximum absolute atomic E-state index is 13.4. The number of sulfone groups is 1. The molecule has 0 radical (unpaired) electrons. The van der Waals surface area contributed by atoms with E-state index in [4.69, 9.17) is 0 Å². The molecule has 4 rings (SSSR count). The normalized spacial score (nSPS) is 11.5. The summed E-state index contributed by atoms with van der Waals surface area (Å²) in [6, 6.07) is 16.8. The maximum atomic E-state index is 13.4. The minimum absolute atomic E-state index is 0.0103. The number of hydrogen-bond donors (Lipinski definition) is 1. The second kappa shape index (κ2) is 9.23. The van der Waals surface area contributed by atoms with E-state index < -0.39 is 31.9 Å². The Morgan fingerprint density at radius 1 is 1.00 bits per heavy atom. The average Bonchev–Trinajstić information content (AvgIpc) is 2.82. The van der Waals surface area contributed by atoms with Gasteiger partial charge in [-0.05, 0) is 67.4 Å². The van der Waals surface area contributed by atoms with Gasteiger partial charge in [0.1, 0.15) is 17.3 Å². The van der Waals surface area contributed by atoms with Crippen molar-refractivity contribution >= 4 is 32.3 Å². The highest BCUT2D eigenvalue weighted by atomic mass is 32.2. The Balaban J connectivity index is 1.80. The van der Waals surface area contributed by atoms with Gasteiger partial charge in [0.15, 0.2) is 0 Å². The molecule has 6 nitrogen and oxygen atoms in total. The molecule has 0 atom stereocenters. The van der Waals surface area contributed by atoms with Gasteiger partial charge in [0, 0.05) is 17.3 Å². The fourth-order valence-electron chi connectivity index (χ4n) is 3.73. The van der Waals surface area contributed by atoms with Gasteiger partial charge in [-0.2, -0.15) is 0 Å². The van der Waals surface area contributed by atoms with Gasteiger partial charge in [0.25, 0.3) is 0 Å². The molecule has 0 bridgehead atoms. The first-order chi connectivity index (χ1) is 16.2. The van der Waals surface area contributed by atoms with Crippen molar-refractivity contribution in [3.8, 4) is 0 Å². The molecule has 1 amide bonds. The van der Waals surface area contributed by atoms with Crippen LogP contribution in [0.25, 0.3) is 10.9 Å². The number of halogens is 1. The third-order valence-electron chi connectivity index (χ3n) is 5.58. The van der Waals surface area contributed by atoms with Crippen molar-refractivity contribution in [2.45, 2.75) is 36.6 Å². The Labute approximate surface area is 196 Å². The number of amides is 1. The van der Waals surface area contributed by atoms with E-state index in [1.807, 2.05) is 6.92 Å². The molecule has 0 saturated carbocycles. The molecule has 1 N–H and O–H groups in total. The smallest absolute Gasteiger partial charge is 0.244 e. The molecule has 0 saturated heterocycles.